The first-order valence-electron chi connectivity index (χ1n) is 8.78. The maximum Gasteiger partial charge on any atom is 0.166 e. The normalized spacial score (nSPS) is 12.6. The molecule has 6 heteroatoms. The number of nitrogens with zero attached hydrogens (tertiary/aromatic N) is 3. The van der Waals surface area contributed by atoms with Gasteiger partial charge in [0.25, 0.3) is 0 Å². The number of hydrogen-bond donors (Lipinski definition) is 2. The van der Waals surface area contributed by atoms with Gasteiger partial charge in [-0.05, 0) is 36.8 Å². The smallest absolute Gasteiger partial charge is 0.166 e. The minimum atomic E-state index is 0.325. The van der Waals surface area contributed by atoms with Gasteiger partial charge in [0.2, 0.25) is 0 Å². The fourth-order valence-corrected chi connectivity index (χ4v) is 4.19. The Bertz CT molecular complexity index is 1210. The van der Waals surface area contributed by atoms with Crippen LogP contribution in [0.5, 0.6) is 0 Å². The molecule has 0 amide bonds. The Morgan fingerprint density at radius 3 is 2.59 bits per heavy atom. The quantitative estimate of drug-likeness (QED) is 0.418. The third-order valence-corrected chi connectivity index (χ3v) is 5.70. The average molecular weight is 371 g/mol. The number of pyridine rings is 1. The lowest BCUT2D eigenvalue weighted by Gasteiger charge is -2.08. The molecule has 0 aliphatic carbocycles. The van der Waals surface area contributed by atoms with Gasteiger partial charge >= 0.3 is 0 Å². The van der Waals surface area contributed by atoms with Crippen molar-refractivity contribution in [2.24, 2.45) is 0 Å². The van der Waals surface area contributed by atoms with Crippen LogP contribution in [-0.2, 0) is 0 Å². The van der Waals surface area contributed by atoms with Crippen molar-refractivity contribution in [2.45, 2.75) is 17.3 Å². The molecule has 0 radical (unpaired) electrons. The summed E-state index contributed by atoms with van der Waals surface area (Å²) in [4.78, 5) is 12.3. The SMILES string of the molecule is CC(Sc1nc2cc3c(-c4ccncc4)n[nH]c3cc2[nH]1)c1ccccc1. The Labute approximate surface area is 160 Å². The van der Waals surface area contributed by atoms with Crippen LogP contribution in [0.15, 0.2) is 72.1 Å². The Balaban J connectivity index is 1.52. The molecule has 5 aromatic rings. The molecule has 0 saturated heterocycles. The van der Waals surface area contributed by atoms with Crippen molar-refractivity contribution in [3.8, 4) is 11.3 Å². The number of hydrogen-bond acceptors (Lipinski definition) is 4. The molecule has 0 aliphatic rings. The van der Waals surface area contributed by atoms with E-state index in [2.05, 4.69) is 63.5 Å². The first-order valence-corrected chi connectivity index (χ1v) is 9.66. The van der Waals surface area contributed by atoms with Crippen molar-refractivity contribution < 1.29 is 0 Å². The summed E-state index contributed by atoms with van der Waals surface area (Å²) < 4.78 is 0. The summed E-state index contributed by atoms with van der Waals surface area (Å²) in [5.74, 6) is 0. The standard InChI is InChI=1S/C21H17N5S/c1-13(14-5-3-2-4-6-14)27-21-23-18-11-16-17(12-19(18)24-21)25-26-20(16)15-7-9-22-10-8-15/h2-13H,1H3,(H,23,24)(H,25,26). The molecule has 132 valence electrons. The van der Waals surface area contributed by atoms with E-state index in [1.54, 1.807) is 24.2 Å². The molecular weight excluding hydrogens is 354 g/mol. The first kappa shape index (κ1) is 16.1. The number of H-pyrrole nitrogens is 2. The third kappa shape index (κ3) is 2.98. The van der Waals surface area contributed by atoms with E-state index in [1.807, 2.05) is 18.2 Å². The van der Waals surface area contributed by atoms with E-state index in [-0.39, 0.29) is 0 Å². The van der Waals surface area contributed by atoms with E-state index in [0.29, 0.717) is 5.25 Å². The second-order valence-corrected chi connectivity index (χ2v) is 7.77. The van der Waals surface area contributed by atoms with Gasteiger partial charge in [-0.2, -0.15) is 5.10 Å². The highest BCUT2D eigenvalue weighted by Crippen LogP contribution is 2.35. The van der Waals surface area contributed by atoms with Gasteiger partial charge in [0.05, 0.1) is 16.6 Å². The van der Waals surface area contributed by atoms with Crippen LogP contribution in [0, 0.1) is 0 Å². The second-order valence-electron chi connectivity index (χ2n) is 6.44. The number of thioether (sulfide) groups is 1. The van der Waals surface area contributed by atoms with Crippen LogP contribution in [0.3, 0.4) is 0 Å². The molecule has 2 aromatic carbocycles. The van der Waals surface area contributed by atoms with Gasteiger partial charge in [-0.25, -0.2) is 4.98 Å². The molecule has 1 atom stereocenters. The molecule has 0 fully saturated rings. The number of aromatic amines is 2. The fraction of sp³-hybridized carbons (Fsp3) is 0.0952. The molecule has 27 heavy (non-hydrogen) atoms. The second kappa shape index (κ2) is 6.55. The number of benzene rings is 2. The predicted molar refractivity (Wildman–Crippen MR) is 110 cm³/mol. The van der Waals surface area contributed by atoms with Gasteiger partial charge in [0.15, 0.2) is 5.16 Å². The molecule has 0 aliphatic heterocycles. The summed E-state index contributed by atoms with van der Waals surface area (Å²) in [6.45, 7) is 2.20. The minimum Gasteiger partial charge on any atom is -0.333 e. The van der Waals surface area contributed by atoms with Gasteiger partial charge in [0.1, 0.15) is 5.69 Å². The van der Waals surface area contributed by atoms with Crippen LogP contribution in [0.2, 0.25) is 0 Å². The van der Waals surface area contributed by atoms with Crippen LogP contribution in [-0.4, -0.2) is 25.1 Å². The van der Waals surface area contributed by atoms with Crippen LogP contribution in [0.4, 0.5) is 0 Å². The minimum absolute atomic E-state index is 0.325. The molecule has 0 bridgehead atoms. The lowest BCUT2D eigenvalue weighted by atomic mass is 10.1. The highest BCUT2D eigenvalue weighted by atomic mass is 32.2. The van der Waals surface area contributed by atoms with Crippen molar-refractivity contribution in [1.29, 1.82) is 0 Å². The summed E-state index contributed by atoms with van der Waals surface area (Å²) in [7, 11) is 0. The Hall–Kier alpha value is -3.12. The molecule has 5 nitrogen and oxygen atoms in total. The first-order chi connectivity index (χ1) is 13.3. The number of nitrogens with one attached hydrogen (secondary N) is 2. The topological polar surface area (TPSA) is 70.2 Å². The third-order valence-electron chi connectivity index (χ3n) is 4.65. The Morgan fingerprint density at radius 1 is 0.963 bits per heavy atom. The molecule has 3 aromatic heterocycles. The Kier molecular flexibility index (Phi) is 3.90. The number of aromatic nitrogens is 5. The van der Waals surface area contributed by atoms with Gasteiger partial charge in [-0.3, -0.25) is 10.1 Å². The van der Waals surface area contributed by atoms with Crippen LogP contribution in [0.25, 0.3) is 33.2 Å². The van der Waals surface area contributed by atoms with Crippen molar-refractivity contribution in [3.05, 3.63) is 72.6 Å². The Morgan fingerprint density at radius 2 is 1.78 bits per heavy atom. The summed E-state index contributed by atoms with van der Waals surface area (Å²) in [6, 6.07) is 18.6. The van der Waals surface area contributed by atoms with Gasteiger partial charge in [-0.15, -0.1) is 0 Å². The summed E-state index contributed by atoms with van der Waals surface area (Å²) in [6.07, 6.45) is 3.56. The zero-order valence-electron chi connectivity index (χ0n) is 14.7. The van der Waals surface area contributed by atoms with E-state index in [1.165, 1.54) is 5.56 Å². The van der Waals surface area contributed by atoms with Crippen LogP contribution in [0.1, 0.15) is 17.7 Å². The molecule has 0 saturated carbocycles. The molecule has 5 rings (SSSR count). The van der Waals surface area contributed by atoms with Gasteiger partial charge in [0, 0.05) is 28.6 Å². The molecule has 3 heterocycles. The maximum absolute atomic E-state index is 4.80. The van der Waals surface area contributed by atoms with E-state index < -0.39 is 0 Å². The highest BCUT2D eigenvalue weighted by Gasteiger charge is 2.14. The molecular formula is C21H17N5S. The van der Waals surface area contributed by atoms with E-state index in [4.69, 9.17) is 4.98 Å². The van der Waals surface area contributed by atoms with Crippen molar-refractivity contribution in [1.82, 2.24) is 25.1 Å². The molecule has 0 spiro atoms. The van der Waals surface area contributed by atoms with E-state index >= 15 is 0 Å². The largest absolute Gasteiger partial charge is 0.333 e. The molecule has 1 unspecified atom stereocenters. The number of imidazole rings is 1. The highest BCUT2D eigenvalue weighted by molar-refractivity contribution is 7.99. The number of rotatable bonds is 4. The monoisotopic (exact) mass is 371 g/mol. The number of fused-ring (bicyclic) bond motifs is 2. The lowest BCUT2D eigenvalue weighted by molar-refractivity contribution is 1.03. The van der Waals surface area contributed by atoms with Gasteiger partial charge in [-0.1, -0.05) is 42.1 Å². The predicted octanol–water partition coefficient (Wildman–Crippen LogP) is 5.35. The summed E-state index contributed by atoms with van der Waals surface area (Å²) in [5.41, 5.74) is 6.20. The fourth-order valence-electron chi connectivity index (χ4n) is 3.24. The van der Waals surface area contributed by atoms with E-state index in [0.717, 1.165) is 38.4 Å². The van der Waals surface area contributed by atoms with Crippen molar-refractivity contribution in [3.63, 3.8) is 0 Å². The average Bonchev–Trinajstić information content (AvgIpc) is 3.30. The zero-order valence-corrected chi connectivity index (χ0v) is 15.5. The lowest BCUT2D eigenvalue weighted by Crippen LogP contribution is -1.88. The van der Waals surface area contributed by atoms with Crippen LogP contribution >= 0.6 is 11.8 Å². The van der Waals surface area contributed by atoms with Gasteiger partial charge < -0.3 is 4.98 Å². The summed E-state index contributed by atoms with van der Waals surface area (Å²) in [5, 5.41) is 9.92. The van der Waals surface area contributed by atoms with Crippen molar-refractivity contribution >= 4 is 33.7 Å². The summed E-state index contributed by atoms with van der Waals surface area (Å²) >= 11 is 1.73. The van der Waals surface area contributed by atoms with E-state index in [9.17, 15) is 0 Å². The maximum atomic E-state index is 4.80. The van der Waals surface area contributed by atoms with Crippen molar-refractivity contribution in [2.75, 3.05) is 0 Å². The van der Waals surface area contributed by atoms with Crippen LogP contribution < -0.4 is 0 Å². The zero-order chi connectivity index (χ0) is 18.2. The molecule has 2 N–H and O–H groups in total.